The van der Waals surface area contributed by atoms with Crippen LogP contribution in [0.2, 0.25) is 0 Å². The van der Waals surface area contributed by atoms with E-state index in [-0.39, 0.29) is 3.95 Å². The Labute approximate surface area is 140 Å². The summed E-state index contributed by atoms with van der Waals surface area (Å²) in [6.45, 7) is 10.7. The van der Waals surface area contributed by atoms with Gasteiger partial charge in [-0.15, -0.1) is 0 Å². The number of hydrogen-bond donors (Lipinski definition) is 1. The van der Waals surface area contributed by atoms with Crippen LogP contribution in [0, 0.1) is 0 Å². The van der Waals surface area contributed by atoms with E-state index in [1.165, 1.54) is 12.8 Å². The maximum absolute atomic E-state index is 6.11. The molecule has 0 aromatic carbocycles. The van der Waals surface area contributed by atoms with Crippen molar-refractivity contribution in [3.05, 3.63) is 0 Å². The largest absolute Gasteiger partial charge is 0.518 e. The first kappa shape index (κ1) is 21.5. The number of rotatable bonds is 14. The van der Waals surface area contributed by atoms with Crippen molar-refractivity contribution in [1.29, 1.82) is 0 Å². The van der Waals surface area contributed by atoms with Gasteiger partial charge in [0.1, 0.15) is 0 Å². The third-order valence-electron chi connectivity index (χ3n) is 3.51. The summed E-state index contributed by atoms with van der Waals surface area (Å²) in [5.41, 5.74) is 5.73. The average molecular weight is 384 g/mol. The minimum absolute atomic E-state index is 0.226. The smallest absolute Gasteiger partial charge is 0.373 e. The van der Waals surface area contributed by atoms with Gasteiger partial charge in [0.15, 0.2) is 0 Å². The van der Waals surface area contributed by atoms with E-state index in [1.54, 1.807) is 0 Å². The molecule has 4 nitrogen and oxygen atoms in total. The molecule has 0 radical (unpaired) electrons. The Morgan fingerprint density at radius 3 is 1.71 bits per heavy atom. The minimum atomic E-state index is -2.78. The minimum Gasteiger partial charge on any atom is -0.373 e. The van der Waals surface area contributed by atoms with Gasteiger partial charge in [-0.05, 0) is 46.6 Å². The normalized spacial score (nSPS) is 15.1. The molecule has 0 rings (SSSR count). The van der Waals surface area contributed by atoms with E-state index in [1.807, 2.05) is 20.8 Å². The SMILES string of the molecule is CCCCCC(Br)(CCCN)[Si](OCC)(OCC)OCC. The Balaban J connectivity index is 5.27. The highest BCUT2D eigenvalue weighted by Crippen LogP contribution is 2.41. The monoisotopic (exact) mass is 383 g/mol. The predicted octanol–water partition coefficient (Wildman–Crippen LogP) is 4.03. The molecule has 0 heterocycles. The number of unbranched alkanes of at least 4 members (excludes halogenated alkanes) is 2. The number of alkyl halides is 1. The number of halogens is 1. The lowest BCUT2D eigenvalue weighted by atomic mass is 10.1. The van der Waals surface area contributed by atoms with Gasteiger partial charge in [-0.25, -0.2) is 0 Å². The summed E-state index contributed by atoms with van der Waals surface area (Å²) in [7, 11) is -2.78. The fraction of sp³-hybridized carbons (Fsp3) is 1.00. The molecule has 0 aromatic heterocycles. The zero-order chi connectivity index (χ0) is 16.2. The molecule has 21 heavy (non-hydrogen) atoms. The second-order valence-electron chi connectivity index (χ2n) is 5.17. The third-order valence-corrected chi connectivity index (χ3v) is 9.36. The molecule has 0 bridgehead atoms. The lowest BCUT2D eigenvalue weighted by Crippen LogP contribution is -2.62. The van der Waals surface area contributed by atoms with Crippen LogP contribution in [0.25, 0.3) is 0 Å². The van der Waals surface area contributed by atoms with Crippen LogP contribution in [0.15, 0.2) is 0 Å². The summed E-state index contributed by atoms with van der Waals surface area (Å²) in [5.74, 6) is 0. The molecule has 6 heteroatoms. The molecule has 0 saturated carbocycles. The lowest BCUT2D eigenvalue weighted by Gasteiger charge is -2.42. The molecule has 0 aliphatic rings. The summed E-state index contributed by atoms with van der Waals surface area (Å²) in [6, 6.07) is 0. The van der Waals surface area contributed by atoms with Gasteiger partial charge in [-0.2, -0.15) is 0 Å². The van der Waals surface area contributed by atoms with Gasteiger partial charge in [0, 0.05) is 19.8 Å². The Kier molecular flexibility index (Phi) is 12.3. The van der Waals surface area contributed by atoms with E-state index in [0.29, 0.717) is 26.4 Å². The van der Waals surface area contributed by atoms with E-state index in [0.717, 1.165) is 25.7 Å². The molecule has 128 valence electrons. The van der Waals surface area contributed by atoms with E-state index in [9.17, 15) is 0 Å². The zero-order valence-electron chi connectivity index (χ0n) is 14.3. The van der Waals surface area contributed by atoms with Crippen molar-refractivity contribution in [2.24, 2.45) is 5.73 Å². The Morgan fingerprint density at radius 1 is 0.857 bits per heavy atom. The van der Waals surface area contributed by atoms with E-state index >= 15 is 0 Å². The second-order valence-corrected chi connectivity index (χ2v) is 10.4. The summed E-state index contributed by atoms with van der Waals surface area (Å²) in [5, 5.41) is 0. The molecular formula is C15H34BrNO3Si. The van der Waals surface area contributed by atoms with E-state index < -0.39 is 8.80 Å². The highest BCUT2D eigenvalue weighted by atomic mass is 79.9. The first-order valence-corrected chi connectivity index (χ1v) is 10.9. The summed E-state index contributed by atoms with van der Waals surface area (Å²) >= 11 is 3.97. The van der Waals surface area contributed by atoms with Crippen LogP contribution < -0.4 is 5.73 Å². The van der Waals surface area contributed by atoms with Gasteiger partial charge < -0.3 is 19.0 Å². The van der Waals surface area contributed by atoms with Gasteiger partial charge in [0.25, 0.3) is 0 Å². The van der Waals surface area contributed by atoms with Crippen molar-refractivity contribution < 1.29 is 13.3 Å². The standard InChI is InChI=1S/C15H34BrNO3Si/c1-5-9-10-12-15(16,13-11-14-17)21(18-6-2,19-7-3)20-8-4/h5-14,17H2,1-4H3. The average Bonchev–Trinajstić information content (AvgIpc) is 2.46. The first-order chi connectivity index (χ1) is 10.1. The topological polar surface area (TPSA) is 53.7 Å². The van der Waals surface area contributed by atoms with Gasteiger partial charge in [0.2, 0.25) is 0 Å². The molecule has 0 saturated heterocycles. The molecule has 0 spiro atoms. The maximum atomic E-state index is 6.11. The molecular weight excluding hydrogens is 350 g/mol. The maximum Gasteiger partial charge on any atom is 0.518 e. The fourth-order valence-electron chi connectivity index (χ4n) is 2.55. The Morgan fingerprint density at radius 2 is 1.33 bits per heavy atom. The molecule has 0 fully saturated rings. The number of nitrogens with two attached hydrogens (primary N) is 1. The van der Waals surface area contributed by atoms with E-state index in [4.69, 9.17) is 19.0 Å². The van der Waals surface area contributed by atoms with Crippen LogP contribution in [0.3, 0.4) is 0 Å². The van der Waals surface area contributed by atoms with Gasteiger partial charge >= 0.3 is 8.80 Å². The summed E-state index contributed by atoms with van der Waals surface area (Å²) in [4.78, 5) is 0. The molecule has 1 unspecified atom stereocenters. The molecule has 0 aliphatic heterocycles. The molecule has 1 atom stereocenters. The van der Waals surface area contributed by atoms with Crippen LogP contribution >= 0.6 is 15.9 Å². The van der Waals surface area contributed by atoms with Crippen molar-refractivity contribution in [1.82, 2.24) is 0 Å². The van der Waals surface area contributed by atoms with Crippen LogP contribution in [-0.4, -0.2) is 39.1 Å². The van der Waals surface area contributed by atoms with Crippen molar-refractivity contribution in [3.63, 3.8) is 0 Å². The van der Waals surface area contributed by atoms with Gasteiger partial charge in [-0.1, -0.05) is 42.1 Å². The van der Waals surface area contributed by atoms with Crippen molar-refractivity contribution >= 4 is 24.7 Å². The Bertz CT molecular complexity index is 242. The quantitative estimate of drug-likeness (QED) is 0.279. The highest BCUT2D eigenvalue weighted by Gasteiger charge is 2.58. The first-order valence-electron chi connectivity index (χ1n) is 8.36. The Hall–Kier alpha value is 0.537. The predicted molar refractivity (Wildman–Crippen MR) is 94.7 cm³/mol. The van der Waals surface area contributed by atoms with Crippen LogP contribution in [-0.2, 0) is 13.3 Å². The molecule has 0 aliphatic carbocycles. The number of hydrogen-bond acceptors (Lipinski definition) is 4. The molecule has 2 N–H and O–H groups in total. The third kappa shape index (κ3) is 6.67. The second kappa shape index (κ2) is 12.0. The van der Waals surface area contributed by atoms with E-state index in [2.05, 4.69) is 22.9 Å². The zero-order valence-corrected chi connectivity index (χ0v) is 16.8. The van der Waals surface area contributed by atoms with Crippen molar-refractivity contribution in [2.45, 2.75) is 70.2 Å². The van der Waals surface area contributed by atoms with Crippen LogP contribution in [0.5, 0.6) is 0 Å². The molecule has 0 amide bonds. The van der Waals surface area contributed by atoms with Gasteiger partial charge in [-0.3, -0.25) is 0 Å². The summed E-state index contributed by atoms with van der Waals surface area (Å²) in [6.07, 6.45) is 6.44. The van der Waals surface area contributed by atoms with Crippen molar-refractivity contribution in [2.75, 3.05) is 26.4 Å². The summed E-state index contributed by atoms with van der Waals surface area (Å²) < 4.78 is 18.1. The van der Waals surface area contributed by atoms with Gasteiger partial charge in [0.05, 0.1) is 3.95 Å². The van der Waals surface area contributed by atoms with Crippen molar-refractivity contribution in [3.8, 4) is 0 Å². The lowest BCUT2D eigenvalue weighted by molar-refractivity contribution is 0.0556. The van der Waals surface area contributed by atoms with Crippen LogP contribution in [0.1, 0.15) is 66.2 Å². The highest BCUT2D eigenvalue weighted by molar-refractivity contribution is 9.10. The van der Waals surface area contributed by atoms with Crippen LogP contribution in [0.4, 0.5) is 0 Å². The molecule has 0 aromatic rings. The fourth-order valence-corrected chi connectivity index (χ4v) is 7.27.